The average molecular weight is 315 g/mol. The summed E-state index contributed by atoms with van der Waals surface area (Å²) in [5.74, 6) is 0. The highest BCUT2D eigenvalue weighted by molar-refractivity contribution is 5.65. The van der Waals surface area contributed by atoms with Crippen LogP contribution in [-0.4, -0.2) is 4.98 Å². The second kappa shape index (κ2) is 7.35. The first-order chi connectivity index (χ1) is 11.7. The zero-order valence-corrected chi connectivity index (χ0v) is 14.8. The predicted octanol–water partition coefficient (Wildman–Crippen LogP) is 6.12. The number of aromatic amines is 1. The van der Waals surface area contributed by atoms with Gasteiger partial charge in [0, 0.05) is 11.4 Å². The molecule has 1 aromatic heterocycles. The minimum Gasteiger partial charge on any atom is -0.355 e. The van der Waals surface area contributed by atoms with Crippen LogP contribution in [0.25, 0.3) is 17.3 Å². The van der Waals surface area contributed by atoms with Crippen LogP contribution in [0.3, 0.4) is 0 Å². The molecule has 1 heteroatoms. The van der Waals surface area contributed by atoms with Crippen LogP contribution in [0.15, 0.2) is 60.7 Å². The van der Waals surface area contributed by atoms with E-state index in [0.29, 0.717) is 0 Å². The van der Waals surface area contributed by atoms with Crippen molar-refractivity contribution in [2.45, 2.75) is 33.6 Å². The van der Waals surface area contributed by atoms with Crippen molar-refractivity contribution in [3.05, 3.63) is 88.6 Å². The summed E-state index contributed by atoms with van der Waals surface area (Å²) in [6.45, 7) is 6.32. The maximum Gasteiger partial charge on any atom is 0.0461 e. The SMILES string of the molecule is C/C=C\c1[nH]c(-c2ccc(CCc3ccc(C)cc3)cc2)cc1C. The van der Waals surface area contributed by atoms with Crippen molar-refractivity contribution < 1.29 is 0 Å². The van der Waals surface area contributed by atoms with Crippen LogP contribution in [0.5, 0.6) is 0 Å². The summed E-state index contributed by atoms with van der Waals surface area (Å²) in [6, 6.07) is 20.0. The molecule has 0 aliphatic heterocycles. The third-order valence-corrected chi connectivity index (χ3v) is 4.48. The average Bonchev–Trinajstić information content (AvgIpc) is 2.96. The summed E-state index contributed by atoms with van der Waals surface area (Å²) in [6.07, 6.45) is 6.36. The molecule has 0 saturated carbocycles. The molecule has 1 N–H and O–H groups in total. The van der Waals surface area contributed by atoms with Gasteiger partial charge in [-0.2, -0.15) is 0 Å². The van der Waals surface area contributed by atoms with Gasteiger partial charge in [-0.25, -0.2) is 0 Å². The normalized spacial score (nSPS) is 11.3. The van der Waals surface area contributed by atoms with Crippen molar-refractivity contribution >= 4 is 6.08 Å². The predicted molar refractivity (Wildman–Crippen MR) is 104 cm³/mol. The number of hydrogen-bond acceptors (Lipinski definition) is 0. The zero-order chi connectivity index (χ0) is 16.9. The molecule has 0 amide bonds. The van der Waals surface area contributed by atoms with Crippen LogP contribution in [0.1, 0.15) is 34.9 Å². The highest BCUT2D eigenvalue weighted by atomic mass is 14.7. The Labute approximate surface area is 145 Å². The smallest absolute Gasteiger partial charge is 0.0461 e. The van der Waals surface area contributed by atoms with Crippen molar-refractivity contribution in [1.29, 1.82) is 0 Å². The van der Waals surface area contributed by atoms with Crippen molar-refractivity contribution in [3.63, 3.8) is 0 Å². The van der Waals surface area contributed by atoms with Gasteiger partial charge < -0.3 is 4.98 Å². The Balaban J connectivity index is 1.69. The van der Waals surface area contributed by atoms with Crippen LogP contribution in [0.2, 0.25) is 0 Å². The molecule has 122 valence electrons. The van der Waals surface area contributed by atoms with Crippen LogP contribution in [0, 0.1) is 13.8 Å². The van der Waals surface area contributed by atoms with E-state index in [9.17, 15) is 0 Å². The minimum absolute atomic E-state index is 1.08. The number of H-pyrrole nitrogens is 1. The van der Waals surface area contributed by atoms with Gasteiger partial charge in [0.15, 0.2) is 0 Å². The molecule has 0 atom stereocenters. The number of aryl methyl sites for hydroxylation is 4. The Hall–Kier alpha value is -2.54. The number of benzene rings is 2. The second-order valence-corrected chi connectivity index (χ2v) is 6.46. The van der Waals surface area contributed by atoms with E-state index in [1.807, 2.05) is 6.92 Å². The summed E-state index contributed by atoms with van der Waals surface area (Å²) < 4.78 is 0. The topological polar surface area (TPSA) is 15.8 Å². The van der Waals surface area contributed by atoms with Gasteiger partial charge in [0.25, 0.3) is 0 Å². The molecule has 0 radical (unpaired) electrons. The first-order valence-electron chi connectivity index (χ1n) is 8.63. The highest BCUT2D eigenvalue weighted by Crippen LogP contribution is 2.23. The monoisotopic (exact) mass is 315 g/mol. The summed E-state index contributed by atoms with van der Waals surface area (Å²) in [5, 5.41) is 0. The van der Waals surface area contributed by atoms with Gasteiger partial charge in [-0.1, -0.05) is 60.2 Å². The molecule has 0 bridgehead atoms. The molecule has 0 aliphatic carbocycles. The molecule has 0 aliphatic rings. The maximum absolute atomic E-state index is 3.49. The largest absolute Gasteiger partial charge is 0.355 e. The van der Waals surface area contributed by atoms with Crippen LogP contribution in [0.4, 0.5) is 0 Å². The Morgan fingerprint density at radius 2 is 1.42 bits per heavy atom. The van der Waals surface area contributed by atoms with Crippen molar-refractivity contribution in [3.8, 4) is 11.3 Å². The molecule has 24 heavy (non-hydrogen) atoms. The summed E-state index contributed by atoms with van der Waals surface area (Å²) >= 11 is 0. The highest BCUT2D eigenvalue weighted by Gasteiger charge is 2.04. The van der Waals surface area contributed by atoms with Gasteiger partial charge in [0.1, 0.15) is 0 Å². The molecular formula is C23H25N. The summed E-state index contributed by atoms with van der Waals surface area (Å²) in [4.78, 5) is 3.49. The quantitative estimate of drug-likeness (QED) is 0.584. The number of nitrogens with one attached hydrogen (secondary N) is 1. The van der Waals surface area contributed by atoms with Gasteiger partial charge in [-0.15, -0.1) is 0 Å². The molecule has 2 aromatic carbocycles. The van der Waals surface area contributed by atoms with E-state index < -0.39 is 0 Å². The van der Waals surface area contributed by atoms with Gasteiger partial charge in [0.2, 0.25) is 0 Å². The Morgan fingerprint density at radius 1 is 0.833 bits per heavy atom. The van der Waals surface area contributed by atoms with E-state index >= 15 is 0 Å². The lowest BCUT2D eigenvalue weighted by molar-refractivity contribution is 0.959. The lowest BCUT2D eigenvalue weighted by Crippen LogP contribution is -1.91. The Bertz CT molecular complexity index is 817. The van der Waals surface area contributed by atoms with E-state index in [1.165, 1.54) is 39.2 Å². The molecule has 3 aromatic rings. The molecule has 1 nitrogen and oxygen atoms in total. The lowest BCUT2D eigenvalue weighted by atomic mass is 10.0. The van der Waals surface area contributed by atoms with Crippen LogP contribution in [-0.2, 0) is 12.8 Å². The number of aromatic nitrogens is 1. The number of allylic oxidation sites excluding steroid dienone is 1. The molecule has 0 fully saturated rings. The molecule has 0 spiro atoms. The molecule has 3 rings (SSSR count). The number of rotatable bonds is 5. The van der Waals surface area contributed by atoms with E-state index in [2.05, 4.69) is 85.6 Å². The fourth-order valence-corrected chi connectivity index (χ4v) is 2.96. The third-order valence-electron chi connectivity index (χ3n) is 4.48. The van der Waals surface area contributed by atoms with Crippen LogP contribution < -0.4 is 0 Å². The van der Waals surface area contributed by atoms with E-state index in [1.54, 1.807) is 0 Å². The zero-order valence-electron chi connectivity index (χ0n) is 14.8. The Morgan fingerprint density at radius 3 is 2.00 bits per heavy atom. The summed E-state index contributed by atoms with van der Waals surface area (Å²) in [5.41, 5.74) is 9.01. The molecule has 1 heterocycles. The first kappa shape index (κ1) is 16.3. The number of hydrogen-bond donors (Lipinski definition) is 1. The van der Waals surface area contributed by atoms with Gasteiger partial charge >= 0.3 is 0 Å². The molecular weight excluding hydrogens is 290 g/mol. The van der Waals surface area contributed by atoms with Gasteiger partial charge in [-0.05, 0) is 68.0 Å². The lowest BCUT2D eigenvalue weighted by Gasteiger charge is -2.04. The van der Waals surface area contributed by atoms with E-state index in [-0.39, 0.29) is 0 Å². The van der Waals surface area contributed by atoms with Crippen molar-refractivity contribution in [2.24, 2.45) is 0 Å². The van der Waals surface area contributed by atoms with Crippen LogP contribution >= 0.6 is 0 Å². The molecule has 0 unspecified atom stereocenters. The van der Waals surface area contributed by atoms with Gasteiger partial charge in [-0.3, -0.25) is 0 Å². The second-order valence-electron chi connectivity index (χ2n) is 6.46. The van der Waals surface area contributed by atoms with Crippen molar-refractivity contribution in [1.82, 2.24) is 4.98 Å². The fraction of sp³-hybridized carbons (Fsp3) is 0.217. The maximum atomic E-state index is 3.49. The minimum atomic E-state index is 1.08. The van der Waals surface area contributed by atoms with Crippen molar-refractivity contribution in [2.75, 3.05) is 0 Å². The third kappa shape index (κ3) is 3.86. The standard InChI is InChI=1S/C23H25N/c1-4-5-22-18(3)16-23(24-22)21-14-12-20(13-15-21)11-10-19-8-6-17(2)7-9-19/h4-9,12-16,24H,10-11H2,1-3H3/b5-4-. The first-order valence-corrected chi connectivity index (χ1v) is 8.63. The van der Waals surface area contributed by atoms with E-state index in [0.717, 1.165) is 12.8 Å². The summed E-state index contributed by atoms with van der Waals surface area (Å²) in [7, 11) is 0. The molecule has 0 saturated heterocycles. The Kier molecular flexibility index (Phi) is 5.00. The van der Waals surface area contributed by atoms with E-state index in [4.69, 9.17) is 0 Å². The fourth-order valence-electron chi connectivity index (χ4n) is 2.96. The van der Waals surface area contributed by atoms with Gasteiger partial charge in [0.05, 0.1) is 0 Å².